The first-order valence-electron chi connectivity index (χ1n) is 10.0. The molecule has 1 aromatic heterocycles. The Labute approximate surface area is 174 Å². The van der Waals surface area contributed by atoms with Gasteiger partial charge in [-0.1, -0.05) is 36.4 Å². The van der Waals surface area contributed by atoms with Crippen LogP contribution in [-0.2, 0) is 0 Å². The van der Waals surface area contributed by atoms with E-state index in [9.17, 15) is 14.4 Å². The van der Waals surface area contributed by atoms with Gasteiger partial charge in [0, 0.05) is 30.0 Å². The summed E-state index contributed by atoms with van der Waals surface area (Å²) in [7, 11) is 0. The van der Waals surface area contributed by atoms with Gasteiger partial charge >= 0.3 is 0 Å². The molecule has 2 heterocycles. The van der Waals surface area contributed by atoms with Crippen LogP contribution < -0.4 is 10.9 Å². The standard InChI is InChI=1S/C24H23N3O3/c1-16-18(24(30)27-14-5-6-15-27)10-7-11-20(16)25-22(28)19-12-13-21(26-23(19)29)17-8-3-2-4-9-17/h2-4,7-13H,5-6,14-15H2,1H3,(H,25,28)(H,26,29). The molecule has 6 heteroatoms. The topological polar surface area (TPSA) is 82.3 Å². The van der Waals surface area contributed by atoms with E-state index in [2.05, 4.69) is 10.3 Å². The number of hydrogen-bond donors (Lipinski definition) is 2. The molecule has 0 unspecified atom stereocenters. The summed E-state index contributed by atoms with van der Waals surface area (Å²) in [5.74, 6) is -0.532. The predicted octanol–water partition coefficient (Wildman–Crippen LogP) is 3.84. The average molecular weight is 401 g/mol. The molecule has 1 aliphatic heterocycles. The van der Waals surface area contributed by atoms with Crippen molar-refractivity contribution in [3.63, 3.8) is 0 Å². The highest BCUT2D eigenvalue weighted by molar-refractivity contribution is 6.06. The molecule has 1 saturated heterocycles. The molecule has 152 valence electrons. The fraction of sp³-hybridized carbons (Fsp3) is 0.208. The van der Waals surface area contributed by atoms with Crippen molar-refractivity contribution >= 4 is 17.5 Å². The van der Waals surface area contributed by atoms with E-state index in [0.29, 0.717) is 22.5 Å². The second-order valence-corrected chi connectivity index (χ2v) is 7.41. The van der Waals surface area contributed by atoms with Crippen molar-refractivity contribution in [2.24, 2.45) is 0 Å². The molecule has 0 atom stereocenters. The Morgan fingerprint density at radius 3 is 2.33 bits per heavy atom. The number of hydrogen-bond acceptors (Lipinski definition) is 3. The lowest BCUT2D eigenvalue weighted by molar-refractivity contribution is 0.0791. The van der Waals surface area contributed by atoms with E-state index >= 15 is 0 Å². The van der Waals surface area contributed by atoms with Crippen molar-refractivity contribution in [3.05, 3.63) is 87.7 Å². The van der Waals surface area contributed by atoms with E-state index in [0.717, 1.165) is 31.5 Å². The van der Waals surface area contributed by atoms with Gasteiger partial charge in [-0.15, -0.1) is 0 Å². The predicted molar refractivity (Wildman–Crippen MR) is 117 cm³/mol. The lowest BCUT2D eigenvalue weighted by Crippen LogP contribution is -2.28. The normalized spacial score (nSPS) is 13.3. The minimum Gasteiger partial charge on any atom is -0.339 e. The Morgan fingerprint density at radius 1 is 0.900 bits per heavy atom. The molecule has 2 aromatic carbocycles. The van der Waals surface area contributed by atoms with Crippen LogP contribution in [0.2, 0.25) is 0 Å². The number of nitrogens with one attached hydrogen (secondary N) is 2. The molecular formula is C24H23N3O3. The number of rotatable bonds is 4. The molecule has 1 aliphatic rings. The highest BCUT2D eigenvalue weighted by Crippen LogP contribution is 2.23. The summed E-state index contributed by atoms with van der Waals surface area (Å²) < 4.78 is 0. The Bertz CT molecular complexity index is 1150. The SMILES string of the molecule is Cc1c(NC(=O)c2ccc(-c3ccccc3)[nH]c2=O)cccc1C(=O)N1CCCC1. The minimum absolute atomic E-state index is 0.0188. The van der Waals surface area contributed by atoms with Gasteiger partial charge in [-0.05, 0) is 55.2 Å². The van der Waals surface area contributed by atoms with Crippen LogP contribution in [0.3, 0.4) is 0 Å². The molecule has 2 amide bonds. The molecule has 3 aromatic rings. The number of carbonyl (C=O) groups is 2. The van der Waals surface area contributed by atoms with Gasteiger partial charge in [0.25, 0.3) is 17.4 Å². The second kappa shape index (κ2) is 8.37. The van der Waals surface area contributed by atoms with Gasteiger partial charge in [-0.25, -0.2) is 0 Å². The molecule has 4 rings (SSSR count). The number of H-pyrrole nitrogens is 1. The number of amides is 2. The first-order valence-corrected chi connectivity index (χ1v) is 10.0. The Kier molecular flexibility index (Phi) is 5.48. The van der Waals surface area contributed by atoms with Crippen LogP contribution in [0.4, 0.5) is 5.69 Å². The third-order valence-electron chi connectivity index (χ3n) is 5.44. The number of anilines is 1. The molecule has 0 bridgehead atoms. The summed E-state index contributed by atoms with van der Waals surface area (Å²) in [5, 5.41) is 2.78. The second-order valence-electron chi connectivity index (χ2n) is 7.41. The Hall–Kier alpha value is -3.67. The van der Waals surface area contributed by atoms with Crippen LogP contribution in [0.15, 0.2) is 65.5 Å². The third kappa shape index (κ3) is 3.89. The molecule has 0 saturated carbocycles. The number of aromatic amines is 1. The van der Waals surface area contributed by atoms with Crippen LogP contribution in [0.5, 0.6) is 0 Å². The van der Waals surface area contributed by atoms with Crippen molar-refractivity contribution in [2.75, 3.05) is 18.4 Å². The van der Waals surface area contributed by atoms with E-state index < -0.39 is 11.5 Å². The zero-order valence-electron chi connectivity index (χ0n) is 16.8. The summed E-state index contributed by atoms with van der Waals surface area (Å²) >= 11 is 0. The van der Waals surface area contributed by atoms with Crippen LogP contribution in [0.25, 0.3) is 11.3 Å². The molecule has 6 nitrogen and oxygen atoms in total. The van der Waals surface area contributed by atoms with Crippen LogP contribution in [-0.4, -0.2) is 34.8 Å². The summed E-state index contributed by atoms with van der Waals surface area (Å²) in [5.41, 5.74) is 2.86. The molecule has 1 fully saturated rings. The van der Waals surface area contributed by atoms with E-state index in [1.54, 1.807) is 24.3 Å². The van der Waals surface area contributed by atoms with E-state index in [-0.39, 0.29) is 11.5 Å². The van der Waals surface area contributed by atoms with Crippen molar-refractivity contribution < 1.29 is 9.59 Å². The summed E-state index contributed by atoms with van der Waals surface area (Å²) in [6.45, 7) is 3.33. The largest absolute Gasteiger partial charge is 0.339 e. The molecule has 0 radical (unpaired) electrons. The number of pyridine rings is 1. The zero-order chi connectivity index (χ0) is 21.1. The van der Waals surface area contributed by atoms with E-state index in [1.165, 1.54) is 6.07 Å². The van der Waals surface area contributed by atoms with Gasteiger partial charge in [0.05, 0.1) is 0 Å². The number of benzene rings is 2. The van der Waals surface area contributed by atoms with E-state index in [4.69, 9.17) is 0 Å². The highest BCUT2D eigenvalue weighted by Gasteiger charge is 2.22. The van der Waals surface area contributed by atoms with Crippen LogP contribution in [0, 0.1) is 6.92 Å². The van der Waals surface area contributed by atoms with Gasteiger partial charge in [0.1, 0.15) is 5.56 Å². The van der Waals surface area contributed by atoms with Gasteiger partial charge in [-0.3, -0.25) is 14.4 Å². The minimum atomic E-state index is -0.510. The molecule has 2 N–H and O–H groups in total. The molecule has 0 aliphatic carbocycles. The maximum Gasteiger partial charge on any atom is 0.261 e. The number of aromatic nitrogens is 1. The monoisotopic (exact) mass is 401 g/mol. The van der Waals surface area contributed by atoms with Crippen molar-refractivity contribution in [3.8, 4) is 11.3 Å². The average Bonchev–Trinajstić information content (AvgIpc) is 3.30. The highest BCUT2D eigenvalue weighted by atomic mass is 16.2. The lowest BCUT2D eigenvalue weighted by atomic mass is 10.0. The van der Waals surface area contributed by atoms with Crippen molar-refractivity contribution in [2.45, 2.75) is 19.8 Å². The Morgan fingerprint density at radius 2 is 1.63 bits per heavy atom. The molecule has 0 spiro atoms. The number of carbonyl (C=O) groups excluding carboxylic acids is 2. The van der Waals surface area contributed by atoms with Gasteiger partial charge in [0.15, 0.2) is 0 Å². The third-order valence-corrected chi connectivity index (χ3v) is 5.44. The maximum atomic E-state index is 12.8. The van der Waals surface area contributed by atoms with Gasteiger partial charge in [-0.2, -0.15) is 0 Å². The fourth-order valence-corrected chi connectivity index (χ4v) is 3.72. The van der Waals surface area contributed by atoms with E-state index in [1.807, 2.05) is 42.2 Å². The zero-order valence-corrected chi connectivity index (χ0v) is 16.8. The summed E-state index contributed by atoms with van der Waals surface area (Å²) in [4.78, 5) is 42.6. The molecular weight excluding hydrogens is 378 g/mol. The summed E-state index contributed by atoms with van der Waals surface area (Å²) in [6.07, 6.45) is 2.03. The first-order chi connectivity index (χ1) is 14.5. The molecule has 30 heavy (non-hydrogen) atoms. The smallest absolute Gasteiger partial charge is 0.261 e. The maximum absolute atomic E-state index is 12.8. The number of likely N-dealkylation sites (tertiary alicyclic amines) is 1. The van der Waals surface area contributed by atoms with Crippen LogP contribution in [0.1, 0.15) is 39.1 Å². The fourth-order valence-electron chi connectivity index (χ4n) is 3.72. The first kappa shape index (κ1) is 19.6. The Balaban J connectivity index is 1.56. The van der Waals surface area contributed by atoms with Crippen molar-refractivity contribution in [1.82, 2.24) is 9.88 Å². The lowest BCUT2D eigenvalue weighted by Gasteiger charge is -2.18. The van der Waals surface area contributed by atoms with Gasteiger partial charge < -0.3 is 15.2 Å². The van der Waals surface area contributed by atoms with Crippen molar-refractivity contribution in [1.29, 1.82) is 0 Å². The van der Waals surface area contributed by atoms with Gasteiger partial charge in [0.2, 0.25) is 0 Å². The quantitative estimate of drug-likeness (QED) is 0.697. The van der Waals surface area contributed by atoms with Crippen LogP contribution >= 0.6 is 0 Å². The number of nitrogens with zero attached hydrogens (tertiary/aromatic N) is 1. The summed E-state index contributed by atoms with van der Waals surface area (Å²) in [6, 6.07) is 17.9.